The number of halogens is 2. The first-order chi connectivity index (χ1) is 9.97. The van der Waals surface area contributed by atoms with Crippen LogP contribution >= 0.6 is 0 Å². The Balaban J connectivity index is 1.99. The van der Waals surface area contributed by atoms with Gasteiger partial charge in [-0.3, -0.25) is 0 Å². The van der Waals surface area contributed by atoms with Gasteiger partial charge in [-0.1, -0.05) is 0 Å². The Morgan fingerprint density at radius 3 is 2.62 bits per heavy atom. The molecule has 0 saturated carbocycles. The summed E-state index contributed by atoms with van der Waals surface area (Å²) < 4.78 is 55.8. The summed E-state index contributed by atoms with van der Waals surface area (Å²) in [5.74, 6) is 0.216. The largest absolute Gasteiger partial charge is 0.488 e. The molecule has 1 aromatic rings. The number of ether oxygens (including phenoxy) is 1. The van der Waals surface area contributed by atoms with Gasteiger partial charge in [-0.05, 0) is 43.7 Å². The number of hydrogen-bond donors (Lipinski definition) is 2. The van der Waals surface area contributed by atoms with Crippen LogP contribution < -0.4 is 14.8 Å². The maximum absolute atomic E-state index is 12.2. The zero-order chi connectivity index (χ0) is 15.3. The molecular weight excluding hydrogens is 302 g/mol. The van der Waals surface area contributed by atoms with Crippen molar-refractivity contribution in [3.05, 3.63) is 24.3 Å². The summed E-state index contributed by atoms with van der Waals surface area (Å²) in [4.78, 5) is 0.0949. The zero-order valence-corrected chi connectivity index (χ0v) is 12.2. The van der Waals surface area contributed by atoms with Gasteiger partial charge in [0.05, 0.1) is 4.90 Å². The SMILES string of the molecule is O=S(=O)(NC1CCCNC1)c1ccc(OCC(F)F)cc1. The highest BCUT2D eigenvalue weighted by atomic mass is 32.2. The van der Waals surface area contributed by atoms with E-state index in [-0.39, 0.29) is 16.7 Å². The molecule has 1 aliphatic rings. The second kappa shape index (κ2) is 7.15. The minimum absolute atomic E-state index is 0.0949. The molecule has 0 aliphatic carbocycles. The van der Waals surface area contributed by atoms with Gasteiger partial charge in [0.1, 0.15) is 12.4 Å². The highest BCUT2D eigenvalue weighted by molar-refractivity contribution is 7.89. The molecule has 5 nitrogen and oxygen atoms in total. The molecule has 1 fully saturated rings. The van der Waals surface area contributed by atoms with E-state index in [1.54, 1.807) is 0 Å². The van der Waals surface area contributed by atoms with E-state index in [1.165, 1.54) is 24.3 Å². The summed E-state index contributed by atoms with van der Waals surface area (Å²) in [5.41, 5.74) is 0. The molecule has 0 bridgehead atoms. The first-order valence-electron chi connectivity index (χ1n) is 6.71. The van der Waals surface area contributed by atoms with Crippen molar-refractivity contribution >= 4 is 10.0 Å². The Hall–Kier alpha value is -1.25. The van der Waals surface area contributed by atoms with Crippen molar-refractivity contribution in [2.24, 2.45) is 0 Å². The number of hydrogen-bond acceptors (Lipinski definition) is 4. The Bertz CT molecular complexity index is 543. The van der Waals surface area contributed by atoms with Crippen LogP contribution in [0.1, 0.15) is 12.8 Å². The smallest absolute Gasteiger partial charge is 0.272 e. The number of benzene rings is 1. The first-order valence-corrected chi connectivity index (χ1v) is 8.20. The van der Waals surface area contributed by atoms with E-state index in [0.29, 0.717) is 6.54 Å². The van der Waals surface area contributed by atoms with E-state index >= 15 is 0 Å². The van der Waals surface area contributed by atoms with Crippen LogP contribution in [0.4, 0.5) is 8.78 Å². The van der Waals surface area contributed by atoms with Crippen LogP contribution in [-0.4, -0.2) is 40.6 Å². The lowest BCUT2D eigenvalue weighted by atomic mass is 10.1. The number of piperidine rings is 1. The van der Waals surface area contributed by atoms with E-state index in [9.17, 15) is 17.2 Å². The number of sulfonamides is 1. The van der Waals surface area contributed by atoms with Crippen molar-refractivity contribution in [1.82, 2.24) is 10.0 Å². The van der Waals surface area contributed by atoms with Crippen LogP contribution in [0.2, 0.25) is 0 Å². The predicted molar refractivity (Wildman–Crippen MR) is 74.2 cm³/mol. The molecule has 8 heteroatoms. The Morgan fingerprint density at radius 2 is 2.05 bits per heavy atom. The normalized spacial score (nSPS) is 19.7. The topological polar surface area (TPSA) is 67.4 Å². The molecular formula is C13H18F2N2O3S. The molecule has 21 heavy (non-hydrogen) atoms. The van der Waals surface area contributed by atoms with Gasteiger partial charge in [-0.15, -0.1) is 0 Å². The average molecular weight is 320 g/mol. The van der Waals surface area contributed by atoms with E-state index in [1.807, 2.05) is 0 Å². The van der Waals surface area contributed by atoms with Crippen LogP contribution in [0.5, 0.6) is 5.75 Å². The maximum Gasteiger partial charge on any atom is 0.272 e. The first kappa shape index (κ1) is 16.1. The van der Waals surface area contributed by atoms with Crippen LogP contribution in [0.25, 0.3) is 0 Å². The monoisotopic (exact) mass is 320 g/mol. The van der Waals surface area contributed by atoms with Crippen molar-refractivity contribution < 1.29 is 21.9 Å². The molecule has 118 valence electrons. The van der Waals surface area contributed by atoms with E-state index in [4.69, 9.17) is 4.74 Å². The van der Waals surface area contributed by atoms with Crippen molar-refractivity contribution in [2.75, 3.05) is 19.7 Å². The summed E-state index contributed by atoms with van der Waals surface area (Å²) in [7, 11) is -3.60. The van der Waals surface area contributed by atoms with Gasteiger partial charge in [0, 0.05) is 12.6 Å². The van der Waals surface area contributed by atoms with Gasteiger partial charge in [-0.25, -0.2) is 21.9 Å². The highest BCUT2D eigenvalue weighted by Gasteiger charge is 2.21. The van der Waals surface area contributed by atoms with Crippen LogP contribution in [0.15, 0.2) is 29.2 Å². The van der Waals surface area contributed by atoms with Crippen molar-refractivity contribution in [3.8, 4) is 5.75 Å². The van der Waals surface area contributed by atoms with Crippen LogP contribution in [0.3, 0.4) is 0 Å². The molecule has 1 aromatic carbocycles. The second-order valence-corrected chi connectivity index (χ2v) is 6.55. The Morgan fingerprint density at radius 1 is 1.33 bits per heavy atom. The molecule has 2 N–H and O–H groups in total. The summed E-state index contributed by atoms with van der Waals surface area (Å²) >= 11 is 0. The van der Waals surface area contributed by atoms with Crippen molar-refractivity contribution in [2.45, 2.75) is 30.2 Å². The van der Waals surface area contributed by atoms with Crippen LogP contribution in [-0.2, 0) is 10.0 Å². The fourth-order valence-electron chi connectivity index (χ4n) is 2.11. The summed E-state index contributed by atoms with van der Waals surface area (Å²) in [6.45, 7) is 0.793. The fourth-order valence-corrected chi connectivity index (χ4v) is 3.38. The van der Waals surface area contributed by atoms with Crippen molar-refractivity contribution in [1.29, 1.82) is 0 Å². The number of rotatable bonds is 6. The molecule has 0 spiro atoms. The Labute approximate surface area is 122 Å². The zero-order valence-electron chi connectivity index (χ0n) is 11.4. The lowest BCUT2D eigenvalue weighted by Crippen LogP contribution is -2.45. The highest BCUT2D eigenvalue weighted by Crippen LogP contribution is 2.17. The van der Waals surface area contributed by atoms with Crippen LogP contribution in [0, 0.1) is 0 Å². The summed E-state index contributed by atoms with van der Waals surface area (Å²) in [6.07, 6.45) is -0.844. The second-order valence-electron chi connectivity index (χ2n) is 4.84. The third kappa shape index (κ3) is 4.90. The molecule has 1 heterocycles. The molecule has 0 radical (unpaired) electrons. The van der Waals surface area contributed by atoms with E-state index in [2.05, 4.69) is 10.0 Å². The van der Waals surface area contributed by atoms with Gasteiger partial charge in [0.25, 0.3) is 6.43 Å². The molecule has 2 rings (SSSR count). The molecule has 1 atom stereocenters. The minimum atomic E-state index is -3.60. The van der Waals surface area contributed by atoms with Crippen molar-refractivity contribution in [3.63, 3.8) is 0 Å². The molecule has 0 amide bonds. The lowest BCUT2D eigenvalue weighted by Gasteiger charge is -2.23. The summed E-state index contributed by atoms with van der Waals surface area (Å²) in [6, 6.07) is 5.31. The Kier molecular flexibility index (Phi) is 5.49. The molecule has 0 aromatic heterocycles. The third-order valence-electron chi connectivity index (χ3n) is 3.13. The maximum atomic E-state index is 12.2. The van der Waals surface area contributed by atoms with Gasteiger partial charge >= 0.3 is 0 Å². The average Bonchev–Trinajstić information content (AvgIpc) is 2.46. The summed E-state index contributed by atoms with van der Waals surface area (Å²) in [5, 5.41) is 3.13. The van der Waals surface area contributed by atoms with E-state index < -0.39 is 23.1 Å². The standard InChI is InChI=1S/C13H18F2N2O3S/c14-13(15)9-20-11-3-5-12(6-4-11)21(18,19)17-10-2-1-7-16-8-10/h3-6,10,13,16-17H,1-2,7-9H2. The van der Waals surface area contributed by atoms with Gasteiger partial charge < -0.3 is 10.1 Å². The predicted octanol–water partition coefficient (Wildman–Crippen LogP) is 1.36. The molecule has 1 saturated heterocycles. The lowest BCUT2D eigenvalue weighted by molar-refractivity contribution is 0.0819. The minimum Gasteiger partial charge on any atom is -0.488 e. The third-order valence-corrected chi connectivity index (χ3v) is 4.67. The fraction of sp³-hybridized carbons (Fsp3) is 0.538. The number of nitrogens with one attached hydrogen (secondary N) is 2. The van der Waals surface area contributed by atoms with Gasteiger partial charge in [0.2, 0.25) is 10.0 Å². The van der Waals surface area contributed by atoms with Gasteiger partial charge in [0.15, 0.2) is 0 Å². The van der Waals surface area contributed by atoms with Gasteiger partial charge in [-0.2, -0.15) is 0 Å². The van der Waals surface area contributed by atoms with E-state index in [0.717, 1.165) is 19.4 Å². The number of alkyl halides is 2. The molecule has 1 aliphatic heterocycles. The molecule has 1 unspecified atom stereocenters. The quantitative estimate of drug-likeness (QED) is 0.830.